The van der Waals surface area contributed by atoms with Crippen molar-refractivity contribution in [1.82, 2.24) is 10.2 Å². The van der Waals surface area contributed by atoms with Crippen LogP contribution in [-0.2, 0) is 19.4 Å². The Balaban J connectivity index is 2.60. The molecule has 2 N–H and O–H groups in total. The molecule has 0 spiro atoms. The highest BCUT2D eigenvalue weighted by molar-refractivity contribution is 7.91. The number of carboxylic acid groups (broad SMARTS) is 1. The van der Waals surface area contributed by atoms with Crippen LogP contribution < -0.4 is 5.32 Å². The number of hydrogen-bond donors (Lipinski definition) is 2. The van der Waals surface area contributed by atoms with Crippen molar-refractivity contribution in [3.8, 4) is 0 Å². The lowest BCUT2D eigenvalue weighted by Gasteiger charge is -2.34. The predicted octanol–water partition coefficient (Wildman–Crippen LogP) is -0.694. The zero-order valence-electron chi connectivity index (χ0n) is 11.4. The smallest absolute Gasteiger partial charge is 0.317 e. The molecule has 1 heterocycles. The van der Waals surface area contributed by atoms with Gasteiger partial charge in [0.05, 0.1) is 24.0 Å². The van der Waals surface area contributed by atoms with Gasteiger partial charge in [-0.05, 0) is 6.42 Å². The Morgan fingerprint density at radius 2 is 2.15 bits per heavy atom. The van der Waals surface area contributed by atoms with Crippen LogP contribution in [0.1, 0.15) is 12.8 Å². The molecule has 1 rings (SSSR count). The summed E-state index contributed by atoms with van der Waals surface area (Å²) >= 11 is 0. The van der Waals surface area contributed by atoms with Crippen molar-refractivity contribution in [2.24, 2.45) is 0 Å². The molecule has 0 aromatic carbocycles. The normalized spacial score (nSPS) is 21.4. The number of carbonyl (C=O) groups is 2. The molecular formula is C11H20N2O6S. The minimum atomic E-state index is -3.28. The summed E-state index contributed by atoms with van der Waals surface area (Å²) in [6.45, 7) is 0.930. The molecule has 1 aliphatic heterocycles. The van der Waals surface area contributed by atoms with Crippen molar-refractivity contribution in [2.45, 2.75) is 18.9 Å². The number of carbonyl (C=O) groups excluding carboxylic acids is 1. The van der Waals surface area contributed by atoms with Crippen LogP contribution in [0.25, 0.3) is 0 Å². The zero-order valence-corrected chi connectivity index (χ0v) is 12.2. The quantitative estimate of drug-likeness (QED) is 0.628. The fourth-order valence-corrected chi connectivity index (χ4v) is 3.56. The van der Waals surface area contributed by atoms with Gasteiger partial charge in [-0.15, -0.1) is 0 Å². The summed E-state index contributed by atoms with van der Waals surface area (Å²) in [7, 11) is -1.72. The minimum Gasteiger partial charge on any atom is -0.481 e. The second-order valence-electron chi connectivity index (χ2n) is 4.64. The molecule has 0 radical (unpaired) electrons. The molecule has 1 fully saturated rings. The molecule has 1 saturated heterocycles. The van der Waals surface area contributed by atoms with Gasteiger partial charge in [-0.1, -0.05) is 0 Å². The van der Waals surface area contributed by atoms with E-state index in [1.165, 1.54) is 4.90 Å². The number of ether oxygens (including phenoxy) is 1. The first-order valence-electron chi connectivity index (χ1n) is 6.31. The first-order valence-corrected chi connectivity index (χ1v) is 8.13. The van der Waals surface area contributed by atoms with E-state index in [0.717, 1.165) is 0 Å². The van der Waals surface area contributed by atoms with Crippen LogP contribution in [0.3, 0.4) is 0 Å². The molecule has 2 amide bonds. The highest BCUT2D eigenvalue weighted by Crippen LogP contribution is 2.15. The number of urea groups is 1. The van der Waals surface area contributed by atoms with Gasteiger partial charge in [-0.2, -0.15) is 0 Å². The lowest BCUT2D eigenvalue weighted by atomic mass is 10.2. The largest absolute Gasteiger partial charge is 0.481 e. The Morgan fingerprint density at radius 3 is 2.75 bits per heavy atom. The van der Waals surface area contributed by atoms with Crippen molar-refractivity contribution >= 4 is 21.8 Å². The molecule has 0 aromatic heterocycles. The average Bonchev–Trinajstić information content (AvgIpc) is 2.32. The number of carboxylic acids is 1. The Kier molecular flexibility index (Phi) is 6.21. The fraction of sp³-hybridized carbons (Fsp3) is 0.818. The minimum absolute atomic E-state index is 0.0242. The van der Waals surface area contributed by atoms with Gasteiger partial charge in [0.1, 0.15) is 0 Å². The third-order valence-corrected chi connectivity index (χ3v) is 4.70. The molecule has 0 aromatic rings. The summed E-state index contributed by atoms with van der Waals surface area (Å²) in [6, 6.07) is -1.24. The number of methoxy groups -OCH3 is 1. The van der Waals surface area contributed by atoms with Crippen LogP contribution in [0, 0.1) is 0 Å². The second-order valence-corrected chi connectivity index (χ2v) is 6.87. The van der Waals surface area contributed by atoms with E-state index in [9.17, 15) is 18.0 Å². The summed E-state index contributed by atoms with van der Waals surface area (Å²) in [5.74, 6) is -1.55. The maximum absolute atomic E-state index is 12.0. The lowest BCUT2D eigenvalue weighted by molar-refractivity contribution is -0.138. The highest BCUT2D eigenvalue weighted by Gasteiger charge is 2.35. The average molecular weight is 308 g/mol. The first-order chi connectivity index (χ1) is 9.35. The van der Waals surface area contributed by atoms with Crippen LogP contribution >= 0.6 is 0 Å². The van der Waals surface area contributed by atoms with Crippen molar-refractivity contribution < 1.29 is 27.9 Å². The van der Waals surface area contributed by atoms with Crippen molar-refractivity contribution in [3.63, 3.8) is 0 Å². The number of rotatable bonds is 6. The van der Waals surface area contributed by atoms with Gasteiger partial charge < -0.3 is 20.1 Å². The molecule has 116 valence electrons. The molecule has 0 aliphatic carbocycles. The third-order valence-electron chi connectivity index (χ3n) is 3.00. The molecule has 9 heteroatoms. The maximum Gasteiger partial charge on any atom is 0.317 e. The SMILES string of the molecule is COCCCNC(=O)N1CCS(=O)(=O)CC1CC(=O)O. The summed E-state index contributed by atoms with van der Waals surface area (Å²) in [6.07, 6.45) is 0.267. The first kappa shape index (κ1) is 16.7. The molecule has 0 bridgehead atoms. The summed E-state index contributed by atoms with van der Waals surface area (Å²) in [5, 5.41) is 11.4. The van der Waals surface area contributed by atoms with Gasteiger partial charge in [-0.25, -0.2) is 13.2 Å². The monoisotopic (exact) mass is 308 g/mol. The van der Waals surface area contributed by atoms with E-state index in [4.69, 9.17) is 9.84 Å². The third kappa shape index (κ3) is 5.33. The van der Waals surface area contributed by atoms with Gasteiger partial charge in [0.2, 0.25) is 0 Å². The van der Waals surface area contributed by atoms with Crippen LogP contribution in [0.2, 0.25) is 0 Å². The predicted molar refractivity (Wildman–Crippen MR) is 71.3 cm³/mol. The topological polar surface area (TPSA) is 113 Å². The molecular weight excluding hydrogens is 288 g/mol. The lowest BCUT2D eigenvalue weighted by Crippen LogP contribution is -2.55. The highest BCUT2D eigenvalue weighted by atomic mass is 32.2. The van der Waals surface area contributed by atoms with Gasteiger partial charge >= 0.3 is 12.0 Å². The van der Waals surface area contributed by atoms with Crippen LogP contribution in [0.5, 0.6) is 0 Å². The van der Waals surface area contributed by atoms with E-state index in [2.05, 4.69) is 5.32 Å². The van der Waals surface area contributed by atoms with Gasteiger partial charge in [0.25, 0.3) is 0 Å². The Labute approximate surface area is 118 Å². The molecule has 0 saturated carbocycles. The second kappa shape index (κ2) is 7.44. The molecule has 1 aliphatic rings. The number of sulfone groups is 1. The van der Waals surface area contributed by atoms with Gasteiger partial charge in [0.15, 0.2) is 9.84 Å². The summed E-state index contributed by atoms with van der Waals surface area (Å²) < 4.78 is 27.9. The van der Waals surface area contributed by atoms with E-state index in [0.29, 0.717) is 19.6 Å². The van der Waals surface area contributed by atoms with E-state index >= 15 is 0 Å². The van der Waals surface area contributed by atoms with Crippen LogP contribution in [-0.4, -0.2) is 74.8 Å². The Bertz CT molecular complexity index is 450. The standard InChI is InChI=1S/C11H20N2O6S/c1-19-5-2-3-12-11(16)13-4-6-20(17,18)8-9(13)7-10(14)15/h9H,2-8H2,1H3,(H,12,16)(H,14,15). The molecule has 1 unspecified atom stereocenters. The summed E-state index contributed by atoms with van der Waals surface area (Å²) in [4.78, 5) is 24.0. The number of hydrogen-bond acceptors (Lipinski definition) is 5. The van der Waals surface area contributed by atoms with Crippen molar-refractivity contribution in [3.05, 3.63) is 0 Å². The number of aliphatic carboxylic acids is 1. The number of amides is 2. The van der Waals surface area contributed by atoms with Crippen LogP contribution in [0.15, 0.2) is 0 Å². The van der Waals surface area contributed by atoms with Crippen LogP contribution in [0.4, 0.5) is 4.79 Å². The number of nitrogens with one attached hydrogen (secondary N) is 1. The van der Waals surface area contributed by atoms with Crippen molar-refractivity contribution in [2.75, 3.05) is 38.3 Å². The van der Waals surface area contributed by atoms with Gasteiger partial charge in [-0.3, -0.25) is 4.79 Å². The maximum atomic E-state index is 12.0. The summed E-state index contributed by atoms with van der Waals surface area (Å²) in [5.41, 5.74) is 0. The zero-order chi connectivity index (χ0) is 15.2. The van der Waals surface area contributed by atoms with E-state index < -0.39 is 27.9 Å². The molecule has 1 atom stereocenters. The van der Waals surface area contributed by atoms with Gasteiger partial charge in [0, 0.05) is 26.8 Å². The van der Waals surface area contributed by atoms with E-state index in [1.54, 1.807) is 7.11 Å². The Hall–Kier alpha value is -1.35. The van der Waals surface area contributed by atoms with E-state index in [1.807, 2.05) is 0 Å². The molecule has 20 heavy (non-hydrogen) atoms. The fourth-order valence-electron chi connectivity index (χ4n) is 2.04. The number of nitrogens with zero attached hydrogens (tertiary/aromatic N) is 1. The molecule has 8 nitrogen and oxygen atoms in total. The van der Waals surface area contributed by atoms with Crippen molar-refractivity contribution in [1.29, 1.82) is 0 Å². The Morgan fingerprint density at radius 1 is 1.45 bits per heavy atom. The van der Waals surface area contributed by atoms with E-state index in [-0.39, 0.29) is 24.5 Å².